The van der Waals surface area contributed by atoms with Crippen LogP contribution in [0.1, 0.15) is 23.7 Å². The summed E-state index contributed by atoms with van der Waals surface area (Å²) < 4.78 is 5.78. The van der Waals surface area contributed by atoms with Crippen molar-refractivity contribution in [3.63, 3.8) is 0 Å². The van der Waals surface area contributed by atoms with Crippen LogP contribution in [0.5, 0.6) is 0 Å². The van der Waals surface area contributed by atoms with Gasteiger partial charge in [-0.25, -0.2) is 0 Å². The molecular formula is C14H20N2O2. The van der Waals surface area contributed by atoms with E-state index in [1.54, 1.807) is 0 Å². The normalized spacial score (nSPS) is 19.9. The fraction of sp³-hybridized carbons (Fsp3) is 0.500. The number of benzene rings is 1. The molecule has 0 saturated carbocycles. The largest absolute Gasteiger partial charge is 0.370 e. The van der Waals surface area contributed by atoms with Gasteiger partial charge in [-0.2, -0.15) is 0 Å². The topological polar surface area (TPSA) is 55.6 Å². The summed E-state index contributed by atoms with van der Waals surface area (Å²) in [6.07, 6.45) is 0.405. The lowest BCUT2D eigenvalue weighted by Crippen LogP contribution is -2.42. The summed E-state index contributed by atoms with van der Waals surface area (Å²) in [5.74, 6) is 0.124. The predicted octanol–water partition coefficient (Wildman–Crippen LogP) is 1.24. The van der Waals surface area contributed by atoms with Crippen molar-refractivity contribution in [1.82, 2.24) is 4.90 Å². The van der Waals surface area contributed by atoms with E-state index in [4.69, 9.17) is 10.5 Å². The number of hydrogen-bond donors (Lipinski definition) is 1. The number of nitrogens with zero attached hydrogens (tertiary/aromatic N) is 1. The average molecular weight is 248 g/mol. The first-order chi connectivity index (χ1) is 8.72. The maximum atomic E-state index is 11.9. The fourth-order valence-electron chi connectivity index (χ4n) is 2.29. The van der Waals surface area contributed by atoms with E-state index in [9.17, 15) is 4.79 Å². The van der Waals surface area contributed by atoms with Gasteiger partial charge in [-0.15, -0.1) is 0 Å². The molecule has 0 radical (unpaired) electrons. The third-order valence-electron chi connectivity index (χ3n) is 3.31. The molecule has 18 heavy (non-hydrogen) atoms. The van der Waals surface area contributed by atoms with E-state index in [2.05, 4.69) is 19.1 Å². The first-order valence-corrected chi connectivity index (χ1v) is 6.37. The lowest BCUT2D eigenvalue weighted by molar-refractivity contribution is -0.138. The molecule has 4 heteroatoms. The van der Waals surface area contributed by atoms with Crippen LogP contribution in [0, 0.1) is 6.92 Å². The summed E-state index contributed by atoms with van der Waals surface area (Å²) in [5, 5.41) is 0. The number of aryl methyl sites for hydroxylation is 1. The number of ether oxygens (including phenoxy) is 1. The molecule has 1 aromatic carbocycles. The number of carbonyl (C=O) groups is 1. The Kier molecular flexibility index (Phi) is 4.33. The van der Waals surface area contributed by atoms with Crippen molar-refractivity contribution in [3.05, 3.63) is 35.4 Å². The minimum atomic E-state index is -0.0123. The molecule has 0 aromatic heterocycles. The molecule has 0 spiro atoms. The van der Waals surface area contributed by atoms with E-state index in [1.807, 2.05) is 17.0 Å². The molecule has 1 atom stereocenters. The van der Waals surface area contributed by atoms with Crippen LogP contribution in [0.2, 0.25) is 0 Å². The summed E-state index contributed by atoms with van der Waals surface area (Å²) in [7, 11) is 0. The highest BCUT2D eigenvalue weighted by Crippen LogP contribution is 2.25. The zero-order valence-electron chi connectivity index (χ0n) is 10.8. The van der Waals surface area contributed by atoms with Crippen molar-refractivity contribution in [2.75, 3.05) is 26.2 Å². The maximum absolute atomic E-state index is 11.9. The van der Waals surface area contributed by atoms with E-state index in [0.29, 0.717) is 32.7 Å². The molecule has 1 heterocycles. The Morgan fingerprint density at radius 1 is 1.50 bits per heavy atom. The molecule has 1 saturated heterocycles. The number of hydrogen-bond acceptors (Lipinski definition) is 3. The summed E-state index contributed by atoms with van der Waals surface area (Å²) in [5.41, 5.74) is 7.80. The van der Waals surface area contributed by atoms with E-state index in [0.717, 1.165) is 0 Å². The highest BCUT2D eigenvalue weighted by molar-refractivity contribution is 5.76. The molecule has 0 bridgehead atoms. The van der Waals surface area contributed by atoms with Gasteiger partial charge in [-0.3, -0.25) is 4.79 Å². The lowest BCUT2D eigenvalue weighted by atomic mass is 10.0. The predicted molar refractivity (Wildman–Crippen MR) is 70.1 cm³/mol. The van der Waals surface area contributed by atoms with E-state index < -0.39 is 0 Å². The van der Waals surface area contributed by atoms with E-state index in [1.165, 1.54) is 11.1 Å². The van der Waals surface area contributed by atoms with Crippen molar-refractivity contribution in [3.8, 4) is 0 Å². The van der Waals surface area contributed by atoms with Crippen molar-refractivity contribution < 1.29 is 9.53 Å². The van der Waals surface area contributed by atoms with Gasteiger partial charge < -0.3 is 15.4 Å². The average Bonchev–Trinajstić information content (AvgIpc) is 2.40. The van der Waals surface area contributed by atoms with Gasteiger partial charge in [0.1, 0.15) is 6.10 Å². The molecule has 0 aliphatic carbocycles. The smallest absolute Gasteiger partial charge is 0.224 e. The zero-order chi connectivity index (χ0) is 13.0. The van der Waals surface area contributed by atoms with Crippen LogP contribution in [-0.2, 0) is 9.53 Å². The first kappa shape index (κ1) is 13.1. The van der Waals surface area contributed by atoms with Crippen molar-refractivity contribution >= 4 is 5.91 Å². The summed E-state index contributed by atoms with van der Waals surface area (Å²) >= 11 is 0. The Balaban J connectivity index is 2.07. The third kappa shape index (κ3) is 2.89. The van der Waals surface area contributed by atoms with Crippen LogP contribution in [0.25, 0.3) is 0 Å². The summed E-state index contributed by atoms with van der Waals surface area (Å²) in [6.45, 7) is 4.37. The molecular weight excluding hydrogens is 228 g/mol. The first-order valence-electron chi connectivity index (χ1n) is 6.37. The maximum Gasteiger partial charge on any atom is 0.224 e. The Hall–Kier alpha value is -1.39. The second-order valence-corrected chi connectivity index (χ2v) is 4.59. The van der Waals surface area contributed by atoms with Crippen LogP contribution in [0.3, 0.4) is 0 Å². The van der Waals surface area contributed by atoms with E-state index in [-0.39, 0.29) is 12.0 Å². The van der Waals surface area contributed by atoms with Crippen molar-refractivity contribution in [2.45, 2.75) is 19.4 Å². The fourth-order valence-corrected chi connectivity index (χ4v) is 2.29. The van der Waals surface area contributed by atoms with Gasteiger partial charge in [0, 0.05) is 19.5 Å². The number of morpholine rings is 1. The molecule has 1 amide bonds. The third-order valence-corrected chi connectivity index (χ3v) is 3.31. The molecule has 98 valence electrons. The lowest BCUT2D eigenvalue weighted by Gasteiger charge is -2.33. The van der Waals surface area contributed by atoms with Gasteiger partial charge >= 0.3 is 0 Å². The standard InChI is InChI=1S/C14H20N2O2/c1-11-4-2-3-5-12(11)13-10-16(8-9-18-13)14(17)6-7-15/h2-5,13H,6-10,15H2,1H3/t13-/m0/s1. The number of carbonyl (C=O) groups excluding carboxylic acids is 1. The van der Waals surface area contributed by atoms with E-state index >= 15 is 0 Å². The zero-order valence-corrected chi connectivity index (χ0v) is 10.8. The van der Waals surface area contributed by atoms with Crippen molar-refractivity contribution in [2.24, 2.45) is 5.73 Å². The van der Waals surface area contributed by atoms with Crippen LogP contribution in [0.15, 0.2) is 24.3 Å². The van der Waals surface area contributed by atoms with Crippen LogP contribution in [-0.4, -0.2) is 37.0 Å². The number of nitrogens with two attached hydrogens (primary N) is 1. The molecule has 1 aromatic rings. The van der Waals surface area contributed by atoms with Crippen LogP contribution in [0.4, 0.5) is 0 Å². The Labute approximate surface area is 108 Å². The molecule has 0 unspecified atom stereocenters. The highest BCUT2D eigenvalue weighted by atomic mass is 16.5. The molecule has 1 aliphatic rings. The van der Waals surface area contributed by atoms with Gasteiger partial charge in [-0.1, -0.05) is 24.3 Å². The molecule has 2 N–H and O–H groups in total. The summed E-state index contributed by atoms with van der Waals surface area (Å²) in [6, 6.07) is 8.15. The highest BCUT2D eigenvalue weighted by Gasteiger charge is 2.25. The second-order valence-electron chi connectivity index (χ2n) is 4.59. The quantitative estimate of drug-likeness (QED) is 0.875. The second kappa shape index (κ2) is 5.98. The molecule has 2 rings (SSSR count). The van der Waals surface area contributed by atoms with Crippen LogP contribution < -0.4 is 5.73 Å². The minimum absolute atomic E-state index is 0.0123. The van der Waals surface area contributed by atoms with Crippen molar-refractivity contribution in [1.29, 1.82) is 0 Å². The number of amides is 1. The minimum Gasteiger partial charge on any atom is -0.370 e. The molecule has 1 fully saturated rings. The monoisotopic (exact) mass is 248 g/mol. The Morgan fingerprint density at radius 3 is 3.00 bits per heavy atom. The SMILES string of the molecule is Cc1ccccc1[C@@H]1CN(C(=O)CCN)CCO1. The van der Waals surface area contributed by atoms with Crippen LogP contribution >= 0.6 is 0 Å². The van der Waals surface area contributed by atoms with Gasteiger partial charge in [-0.05, 0) is 18.1 Å². The molecule has 1 aliphatic heterocycles. The number of rotatable bonds is 3. The Morgan fingerprint density at radius 2 is 2.28 bits per heavy atom. The Bertz CT molecular complexity index is 420. The van der Waals surface area contributed by atoms with Gasteiger partial charge in [0.15, 0.2) is 0 Å². The van der Waals surface area contributed by atoms with Gasteiger partial charge in [0.25, 0.3) is 0 Å². The summed E-state index contributed by atoms with van der Waals surface area (Å²) in [4.78, 5) is 13.7. The molecule has 4 nitrogen and oxygen atoms in total. The van der Waals surface area contributed by atoms with Gasteiger partial charge in [0.05, 0.1) is 13.2 Å². The van der Waals surface area contributed by atoms with Gasteiger partial charge in [0.2, 0.25) is 5.91 Å².